The third kappa shape index (κ3) is 10.6. The summed E-state index contributed by atoms with van der Waals surface area (Å²) in [5.41, 5.74) is -4.43. The molecule has 2 atom stereocenters. The number of rotatable bonds is 8. The number of benzene rings is 2. The van der Waals surface area contributed by atoms with Gasteiger partial charge in [0.1, 0.15) is 0 Å². The fourth-order valence-corrected chi connectivity index (χ4v) is 5.46. The van der Waals surface area contributed by atoms with Gasteiger partial charge in [-0.2, -0.15) is 39.5 Å². The van der Waals surface area contributed by atoms with E-state index in [-0.39, 0.29) is 56.5 Å². The number of halogens is 11. The molecule has 2 aromatic carbocycles. The Kier molecular flexibility index (Phi) is 14.0. The van der Waals surface area contributed by atoms with Crippen LogP contribution in [0.15, 0.2) is 42.5 Å². The van der Waals surface area contributed by atoms with Crippen molar-refractivity contribution < 1.29 is 53.8 Å². The van der Waals surface area contributed by atoms with Crippen LogP contribution in [0.3, 0.4) is 0 Å². The lowest BCUT2D eigenvalue weighted by atomic mass is 9.98. The summed E-state index contributed by atoms with van der Waals surface area (Å²) in [4.78, 5) is 19.0. The molecule has 0 radical (unpaired) electrons. The Morgan fingerprint density at radius 1 is 0.783 bits per heavy atom. The Bertz CT molecular complexity index is 1240. The topological polar surface area (TPSA) is 45.2 Å². The smallest absolute Gasteiger partial charge is 0.382 e. The van der Waals surface area contributed by atoms with Crippen LogP contribution >= 0.6 is 24.8 Å². The fraction of sp³-hybridized carbons (Fsp3) is 0.552. The molecule has 4 rings (SSSR count). The van der Waals surface area contributed by atoms with E-state index in [1.54, 1.807) is 7.11 Å². The van der Waals surface area contributed by atoms with Crippen molar-refractivity contribution in [3.63, 3.8) is 0 Å². The first-order chi connectivity index (χ1) is 20.5. The molecule has 1 amide bonds. The molecule has 0 spiro atoms. The number of hydrogen-bond acceptors (Lipinski definition) is 5. The highest BCUT2D eigenvalue weighted by molar-refractivity contribution is 5.95. The molecule has 6 nitrogen and oxygen atoms in total. The first-order valence-electron chi connectivity index (χ1n) is 13.9. The molecule has 0 bridgehead atoms. The normalized spacial score (nSPS) is 20.2. The number of morpholine rings is 1. The molecule has 2 heterocycles. The number of alkyl halides is 9. The molecule has 0 saturated carbocycles. The van der Waals surface area contributed by atoms with Crippen LogP contribution < -0.4 is 0 Å². The predicted octanol–water partition coefficient (Wildman–Crippen LogP) is 6.30. The van der Waals surface area contributed by atoms with Crippen LogP contribution in [0.4, 0.5) is 39.5 Å². The van der Waals surface area contributed by atoms with E-state index in [2.05, 4.69) is 4.90 Å². The van der Waals surface area contributed by atoms with Crippen molar-refractivity contribution in [1.82, 2.24) is 14.7 Å². The fourth-order valence-electron chi connectivity index (χ4n) is 5.46. The van der Waals surface area contributed by atoms with Gasteiger partial charge in [0.15, 0.2) is 0 Å². The van der Waals surface area contributed by atoms with E-state index in [4.69, 9.17) is 9.47 Å². The van der Waals surface area contributed by atoms with Gasteiger partial charge in [0.05, 0.1) is 36.0 Å². The number of carbonyl (C=O) groups excluding carboxylic acids is 1. The summed E-state index contributed by atoms with van der Waals surface area (Å²) >= 11 is 0. The molecule has 2 aliphatic rings. The lowest BCUT2D eigenvalue weighted by Crippen LogP contribution is -2.57. The molecule has 0 N–H and O–H groups in total. The van der Waals surface area contributed by atoms with Crippen LogP contribution in [-0.4, -0.2) is 98.9 Å². The van der Waals surface area contributed by atoms with Crippen LogP contribution in [0.5, 0.6) is 0 Å². The van der Waals surface area contributed by atoms with Crippen molar-refractivity contribution in [1.29, 1.82) is 0 Å². The Hall–Kier alpha value is -2.30. The maximum absolute atomic E-state index is 13.5. The summed E-state index contributed by atoms with van der Waals surface area (Å²) in [6.07, 6.45) is -14.9. The molecule has 2 saturated heterocycles. The van der Waals surface area contributed by atoms with E-state index in [0.29, 0.717) is 63.6 Å². The maximum Gasteiger partial charge on any atom is 0.416 e. The number of methoxy groups -OCH3 is 1. The highest BCUT2D eigenvalue weighted by Gasteiger charge is 2.39. The second kappa shape index (κ2) is 16.2. The summed E-state index contributed by atoms with van der Waals surface area (Å²) in [5.74, 6) is -1.02. The molecule has 2 aliphatic heterocycles. The molecule has 0 unspecified atom stereocenters. The first-order valence-corrected chi connectivity index (χ1v) is 13.9. The second-order valence-corrected chi connectivity index (χ2v) is 10.9. The average molecular weight is 714 g/mol. The van der Waals surface area contributed by atoms with Gasteiger partial charge in [-0.05, 0) is 42.3 Å². The zero-order chi connectivity index (χ0) is 32.3. The van der Waals surface area contributed by atoms with Gasteiger partial charge < -0.3 is 14.4 Å². The van der Waals surface area contributed by atoms with Crippen molar-refractivity contribution in [3.8, 4) is 0 Å². The Balaban J connectivity index is 0.00000368. The minimum Gasteiger partial charge on any atom is -0.382 e. The lowest BCUT2D eigenvalue weighted by molar-refractivity contribution is -0.143. The molecular formula is C29H34Cl2F9N3O3. The van der Waals surface area contributed by atoms with Gasteiger partial charge in [0.2, 0.25) is 0 Å². The van der Waals surface area contributed by atoms with E-state index >= 15 is 0 Å². The van der Waals surface area contributed by atoms with Crippen LogP contribution in [0.1, 0.15) is 32.6 Å². The quantitative estimate of drug-likeness (QED) is 0.301. The molecule has 17 heteroatoms. The summed E-state index contributed by atoms with van der Waals surface area (Å²) in [6.45, 7) is 3.96. The van der Waals surface area contributed by atoms with E-state index in [9.17, 15) is 44.3 Å². The number of carbonyl (C=O) groups is 1. The largest absolute Gasteiger partial charge is 0.416 e. The Morgan fingerprint density at radius 2 is 1.33 bits per heavy atom. The third-order valence-corrected chi connectivity index (χ3v) is 7.72. The second-order valence-electron chi connectivity index (χ2n) is 10.9. The van der Waals surface area contributed by atoms with Gasteiger partial charge in [0.25, 0.3) is 5.91 Å². The zero-order valence-corrected chi connectivity index (χ0v) is 26.2. The van der Waals surface area contributed by atoms with Crippen LogP contribution in [0.25, 0.3) is 0 Å². The third-order valence-electron chi connectivity index (χ3n) is 7.72. The maximum atomic E-state index is 13.5. The van der Waals surface area contributed by atoms with Gasteiger partial charge in [-0.15, -0.1) is 24.8 Å². The molecule has 2 aromatic rings. The van der Waals surface area contributed by atoms with Gasteiger partial charge >= 0.3 is 18.5 Å². The van der Waals surface area contributed by atoms with Gasteiger partial charge in [0, 0.05) is 64.5 Å². The summed E-state index contributed by atoms with van der Waals surface area (Å²) in [6, 6.07) is 4.29. The summed E-state index contributed by atoms with van der Waals surface area (Å²) in [5, 5.41) is 0. The standard InChI is InChI=1S/C29H32F9N3O3.2ClH/c1-43-18-25-17-40(10-11-44-25)7-6-39-8-9-41(24(16-39)12-19-2-4-21(5-3-19)27(30,31)32)26(42)20-13-22(28(33,34)35)15-23(14-20)29(36,37)38;;/h2-5,13-15,24-25H,6-12,16-18H2,1H3;2*1H/t24-,25-;;/m1../s1. The van der Waals surface area contributed by atoms with E-state index < -0.39 is 52.7 Å². The molecule has 2 fully saturated rings. The highest BCUT2D eigenvalue weighted by atomic mass is 35.5. The molecule has 0 aromatic heterocycles. The Labute approximate surface area is 272 Å². The van der Waals surface area contributed by atoms with E-state index in [1.807, 2.05) is 4.90 Å². The van der Waals surface area contributed by atoms with Crippen LogP contribution in [0, 0.1) is 0 Å². The van der Waals surface area contributed by atoms with E-state index in [1.165, 1.54) is 17.0 Å². The SMILES string of the molecule is COC[C@H]1CN(CCN2CCN(C(=O)c3cc(C(F)(F)F)cc(C(F)(F)F)c3)[C@H](Cc3ccc(C(F)(F)F)cc3)C2)CCO1.Cl.Cl. The Morgan fingerprint density at radius 3 is 1.85 bits per heavy atom. The summed E-state index contributed by atoms with van der Waals surface area (Å²) in [7, 11) is 1.57. The molecular weight excluding hydrogens is 680 g/mol. The van der Waals surface area contributed by atoms with E-state index in [0.717, 1.165) is 12.1 Å². The minimum absolute atomic E-state index is 0. The molecule has 0 aliphatic carbocycles. The lowest BCUT2D eigenvalue weighted by Gasteiger charge is -2.43. The number of ether oxygens (including phenoxy) is 2. The first kappa shape index (κ1) is 39.9. The highest BCUT2D eigenvalue weighted by Crippen LogP contribution is 2.37. The molecule has 260 valence electrons. The monoisotopic (exact) mass is 713 g/mol. The van der Waals surface area contributed by atoms with Gasteiger partial charge in [-0.1, -0.05) is 12.1 Å². The van der Waals surface area contributed by atoms with Crippen LogP contribution in [-0.2, 0) is 34.4 Å². The van der Waals surface area contributed by atoms with Gasteiger partial charge in [-0.3, -0.25) is 14.6 Å². The number of amides is 1. The summed E-state index contributed by atoms with van der Waals surface area (Å²) < 4.78 is 131. The van der Waals surface area contributed by atoms with Crippen molar-refractivity contribution in [2.45, 2.75) is 37.1 Å². The van der Waals surface area contributed by atoms with Crippen molar-refractivity contribution in [2.75, 3.05) is 66.1 Å². The van der Waals surface area contributed by atoms with Crippen molar-refractivity contribution in [3.05, 3.63) is 70.3 Å². The number of nitrogens with zero attached hydrogens (tertiary/aromatic N) is 3. The zero-order valence-electron chi connectivity index (χ0n) is 24.6. The average Bonchev–Trinajstić information content (AvgIpc) is 2.95. The minimum atomic E-state index is -5.13. The number of piperazine rings is 1. The predicted molar refractivity (Wildman–Crippen MR) is 155 cm³/mol. The van der Waals surface area contributed by atoms with Crippen molar-refractivity contribution in [2.24, 2.45) is 0 Å². The van der Waals surface area contributed by atoms with Crippen LogP contribution in [0.2, 0.25) is 0 Å². The van der Waals surface area contributed by atoms with Gasteiger partial charge in [-0.25, -0.2) is 0 Å². The van der Waals surface area contributed by atoms with Crippen molar-refractivity contribution >= 4 is 30.7 Å². The number of hydrogen-bond donors (Lipinski definition) is 0. The molecule has 46 heavy (non-hydrogen) atoms.